The Bertz CT molecular complexity index is 1020. The van der Waals surface area contributed by atoms with Crippen molar-refractivity contribution < 1.29 is 19.1 Å². The number of benzene rings is 2. The number of ether oxygens (including phenoxy) is 1. The van der Waals surface area contributed by atoms with E-state index in [0.29, 0.717) is 24.4 Å². The van der Waals surface area contributed by atoms with Crippen LogP contribution in [0.2, 0.25) is 0 Å². The van der Waals surface area contributed by atoms with E-state index in [1.165, 1.54) is 12.1 Å². The van der Waals surface area contributed by atoms with Gasteiger partial charge in [-0.25, -0.2) is 0 Å². The summed E-state index contributed by atoms with van der Waals surface area (Å²) in [5.41, 5.74) is 0.664. The molecule has 5 heteroatoms. The first-order chi connectivity index (χ1) is 12.6. The monoisotopic (exact) mass is 350 g/mol. The van der Waals surface area contributed by atoms with Crippen molar-refractivity contribution in [2.45, 2.75) is 31.8 Å². The lowest BCUT2D eigenvalue weighted by Gasteiger charge is -2.22. The zero-order valence-corrected chi connectivity index (χ0v) is 14.1. The highest BCUT2D eigenvalue weighted by Gasteiger charge is 2.24. The standard InChI is InChI=1S/C21H18O5/c22-15-8-4-5-9-18(15)25-14-10-16(23)21-17(24)12-19(26-20(21)11-14)13-6-2-1-3-7-13/h1-3,6-7,10-12,18,23H,4-5,8-9H2/t18-/m1/s1. The predicted octanol–water partition coefficient (Wildman–Crippen LogP) is 4.06. The van der Waals surface area contributed by atoms with Crippen molar-refractivity contribution in [3.63, 3.8) is 0 Å². The lowest BCUT2D eigenvalue weighted by Crippen LogP contribution is -2.30. The predicted molar refractivity (Wildman–Crippen MR) is 97.5 cm³/mol. The van der Waals surface area contributed by atoms with Gasteiger partial charge in [0.2, 0.25) is 0 Å². The molecule has 1 fully saturated rings. The van der Waals surface area contributed by atoms with Gasteiger partial charge in [0.05, 0.1) is 0 Å². The molecular weight excluding hydrogens is 332 g/mol. The van der Waals surface area contributed by atoms with Crippen LogP contribution in [0.4, 0.5) is 0 Å². The summed E-state index contributed by atoms with van der Waals surface area (Å²) in [5.74, 6) is 0.585. The van der Waals surface area contributed by atoms with E-state index < -0.39 is 6.10 Å². The summed E-state index contributed by atoms with van der Waals surface area (Å²) >= 11 is 0. The Balaban J connectivity index is 1.77. The van der Waals surface area contributed by atoms with Crippen LogP contribution in [-0.4, -0.2) is 17.0 Å². The van der Waals surface area contributed by atoms with Crippen LogP contribution in [0.15, 0.2) is 57.7 Å². The van der Waals surface area contributed by atoms with E-state index >= 15 is 0 Å². The second-order valence-electron chi connectivity index (χ2n) is 6.48. The summed E-state index contributed by atoms with van der Waals surface area (Å²) in [4.78, 5) is 24.4. The Morgan fingerprint density at radius 3 is 2.62 bits per heavy atom. The Kier molecular flexibility index (Phi) is 4.21. The zero-order valence-electron chi connectivity index (χ0n) is 14.1. The summed E-state index contributed by atoms with van der Waals surface area (Å²) in [5, 5.41) is 10.4. The quantitative estimate of drug-likeness (QED) is 0.771. The molecule has 1 N–H and O–H groups in total. The normalized spacial score (nSPS) is 17.4. The molecule has 2 aromatic carbocycles. The average molecular weight is 350 g/mol. The minimum absolute atomic E-state index is 0.0651. The number of ketones is 1. The molecule has 26 heavy (non-hydrogen) atoms. The minimum Gasteiger partial charge on any atom is -0.507 e. The maximum atomic E-state index is 12.4. The van der Waals surface area contributed by atoms with Gasteiger partial charge in [0.15, 0.2) is 17.3 Å². The molecule has 1 aromatic heterocycles. The third kappa shape index (κ3) is 3.08. The van der Waals surface area contributed by atoms with Crippen molar-refractivity contribution in [1.82, 2.24) is 0 Å². The molecule has 1 atom stereocenters. The van der Waals surface area contributed by atoms with E-state index in [0.717, 1.165) is 18.4 Å². The number of carbonyl (C=O) groups is 1. The van der Waals surface area contributed by atoms with Crippen LogP contribution in [0.3, 0.4) is 0 Å². The minimum atomic E-state index is -0.510. The molecule has 4 rings (SSSR count). The van der Waals surface area contributed by atoms with Crippen LogP contribution in [0, 0.1) is 0 Å². The first-order valence-corrected chi connectivity index (χ1v) is 8.67. The number of carbonyl (C=O) groups excluding carboxylic acids is 1. The molecule has 5 nitrogen and oxygen atoms in total. The van der Waals surface area contributed by atoms with Gasteiger partial charge in [-0.2, -0.15) is 0 Å². The smallest absolute Gasteiger partial charge is 0.197 e. The number of Topliss-reactive ketones (excluding diaryl/α,β-unsaturated/α-hetero) is 1. The third-order valence-corrected chi connectivity index (χ3v) is 4.62. The number of rotatable bonds is 3. The van der Waals surface area contributed by atoms with Crippen molar-refractivity contribution in [1.29, 1.82) is 0 Å². The fourth-order valence-corrected chi connectivity index (χ4v) is 3.30. The highest BCUT2D eigenvalue weighted by atomic mass is 16.5. The van der Waals surface area contributed by atoms with E-state index in [1.54, 1.807) is 6.07 Å². The van der Waals surface area contributed by atoms with Gasteiger partial charge >= 0.3 is 0 Å². The maximum Gasteiger partial charge on any atom is 0.197 e. The molecule has 0 spiro atoms. The summed E-state index contributed by atoms with van der Waals surface area (Å²) in [6, 6.07) is 13.5. The van der Waals surface area contributed by atoms with Gasteiger partial charge in [0, 0.05) is 30.2 Å². The highest BCUT2D eigenvalue weighted by Crippen LogP contribution is 2.32. The number of fused-ring (bicyclic) bond motifs is 1. The molecule has 3 aromatic rings. The van der Waals surface area contributed by atoms with E-state index in [9.17, 15) is 14.7 Å². The maximum absolute atomic E-state index is 12.4. The lowest BCUT2D eigenvalue weighted by molar-refractivity contribution is -0.127. The Hall–Kier alpha value is -3.08. The summed E-state index contributed by atoms with van der Waals surface area (Å²) in [7, 11) is 0. The fraction of sp³-hybridized carbons (Fsp3) is 0.238. The van der Waals surface area contributed by atoms with Crippen LogP contribution in [0.1, 0.15) is 25.7 Å². The second kappa shape index (κ2) is 6.67. The summed E-state index contributed by atoms with van der Waals surface area (Å²) in [6.45, 7) is 0. The molecule has 1 heterocycles. The van der Waals surface area contributed by atoms with E-state index in [-0.39, 0.29) is 27.9 Å². The zero-order chi connectivity index (χ0) is 18.1. The molecule has 0 radical (unpaired) electrons. The molecule has 132 valence electrons. The van der Waals surface area contributed by atoms with Gasteiger partial charge in [-0.1, -0.05) is 30.3 Å². The Morgan fingerprint density at radius 1 is 1.04 bits per heavy atom. The van der Waals surface area contributed by atoms with Gasteiger partial charge in [-0.05, 0) is 19.3 Å². The summed E-state index contributed by atoms with van der Waals surface area (Å²) in [6.07, 6.45) is 2.48. The van der Waals surface area contributed by atoms with Crippen LogP contribution in [0.5, 0.6) is 11.5 Å². The van der Waals surface area contributed by atoms with Crippen molar-refractivity contribution in [2.24, 2.45) is 0 Å². The summed E-state index contributed by atoms with van der Waals surface area (Å²) < 4.78 is 11.6. The number of phenols is 1. The van der Waals surface area contributed by atoms with Crippen LogP contribution in [0.25, 0.3) is 22.3 Å². The van der Waals surface area contributed by atoms with E-state index in [2.05, 4.69) is 0 Å². The van der Waals surface area contributed by atoms with Crippen LogP contribution in [-0.2, 0) is 4.79 Å². The number of aromatic hydroxyl groups is 1. The van der Waals surface area contributed by atoms with Gasteiger partial charge in [-0.15, -0.1) is 0 Å². The largest absolute Gasteiger partial charge is 0.507 e. The Labute approximate surface area is 149 Å². The molecule has 1 aliphatic carbocycles. The fourth-order valence-electron chi connectivity index (χ4n) is 3.30. The molecular formula is C21H18O5. The molecule has 0 aliphatic heterocycles. The van der Waals surface area contributed by atoms with Crippen molar-refractivity contribution in [2.75, 3.05) is 0 Å². The number of phenolic OH excluding ortho intramolecular Hbond substituents is 1. The average Bonchev–Trinajstić information content (AvgIpc) is 2.64. The van der Waals surface area contributed by atoms with Crippen LogP contribution < -0.4 is 10.2 Å². The number of hydrogen-bond donors (Lipinski definition) is 1. The van der Waals surface area contributed by atoms with Crippen molar-refractivity contribution in [3.05, 3.63) is 58.8 Å². The first-order valence-electron chi connectivity index (χ1n) is 8.67. The molecule has 0 saturated heterocycles. The first kappa shape index (κ1) is 16.4. The number of hydrogen-bond acceptors (Lipinski definition) is 5. The van der Waals surface area contributed by atoms with Crippen molar-refractivity contribution in [3.8, 4) is 22.8 Å². The topological polar surface area (TPSA) is 76.7 Å². The third-order valence-electron chi connectivity index (χ3n) is 4.62. The lowest BCUT2D eigenvalue weighted by atomic mass is 9.96. The second-order valence-corrected chi connectivity index (χ2v) is 6.48. The Morgan fingerprint density at radius 2 is 1.85 bits per heavy atom. The highest BCUT2D eigenvalue weighted by molar-refractivity contribution is 5.87. The van der Waals surface area contributed by atoms with Gasteiger partial charge in [0.1, 0.15) is 28.2 Å². The molecule has 1 aliphatic rings. The molecule has 1 saturated carbocycles. The van der Waals surface area contributed by atoms with Gasteiger partial charge in [0.25, 0.3) is 0 Å². The van der Waals surface area contributed by atoms with Crippen LogP contribution >= 0.6 is 0 Å². The van der Waals surface area contributed by atoms with E-state index in [1.807, 2.05) is 30.3 Å². The molecule has 0 bridgehead atoms. The van der Waals surface area contributed by atoms with Gasteiger partial charge in [-0.3, -0.25) is 9.59 Å². The van der Waals surface area contributed by atoms with Crippen molar-refractivity contribution >= 4 is 16.8 Å². The SMILES string of the molecule is O=C1CCCC[C@H]1Oc1cc(O)c2c(=O)cc(-c3ccccc3)oc2c1. The molecule has 0 amide bonds. The molecule has 0 unspecified atom stereocenters. The van der Waals surface area contributed by atoms with E-state index in [4.69, 9.17) is 9.15 Å². The van der Waals surface area contributed by atoms with Gasteiger partial charge < -0.3 is 14.3 Å².